The van der Waals surface area contributed by atoms with Crippen LogP contribution in [0.4, 0.5) is 10.5 Å². The Bertz CT molecular complexity index is 1070. The van der Waals surface area contributed by atoms with E-state index in [9.17, 15) is 18.3 Å². The molecule has 1 amide bonds. The summed E-state index contributed by atoms with van der Waals surface area (Å²) in [6.45, 7) is 8.01. The number of nitrogens with zero attached hydrogens (tertiary/aromatic N) is 1. The van der Waals surface area contributed by atoms with Crippen molar-refractivity contribution in [2.75, 3.05) is 38.8 Å². The number of ether oxygens (including phenoxy) is 3. The van der Waals surface area contributed by atoms with Gasteiger partial charge in [-0.15, -0.1) is 0 Å². The fraction of sp³-hybridized carbons (Fsp3) is 0.519. The van der Waals surface area contributed by atoms with Gasteiger partial charge in [-0.2, -0.15) is 4.31 Å². The number of nitrogen functional groups attached to an aromatic ring is 1. The van der Waals surface area contributed by atoms with Gasteiger partial charge in [0.2, 0.25) is 10.0 Å². The van der Waals surface area contributed by atoms with Gasteiger partial charge < -0.3 is 30.4 Å². The number of anilines is 1. The number of hydrogen-bond donors (Lipinski definition) is 3. The van der Waals surface area contributed by atoms with E-state index in [1.807, 2.05) is 51.1 Å². The number of nitrogens with one attached hydrogen (secondary N) is 1. The lowest BCUT2D eigenvalue weighted by atomic mass is 10.0. The molecule has 0 heterocycles. The van der Waals surface area contributed by atoms with Gasteiger partial charge in [0.05, 0.1) is 23.6 Å². The van der Waals surface area contributed by atoms with Gasteiger partial charge >= 0.3 is 6.09 Å². The number of hydrogen-bond acceptors (Lipinski definition) is 8. The highest BCUT2D eigenvalue weighted by atomic mass is 32.2. The first-order valence-electron chi connectivity index (χ1n) is 12.7. The van der Waals surface area contributed by atoms with E-state index in [4.69, 9.17) is 19.9 Å². The molecule has 0 aliphatic carbocycles. The summed E-state index contributed by atoms with van der Waals surface area (Å²) in [5, 5.41) is 14.0. The number of benzene rings is 2. The molecule has 2 aromatic carbocycles. The van der Waals surface area contributed by atoms with Crippen LogP contribution in [0.15, 0.2) is 59.5 Å². The Labute approximate surface area is 226 Å². The molecule has 0 bridgehead atoms. The number of amides is 1. The largest absolute Gasteiger partial charge is 0.444 e. The second-order valence-corrected chi connectivity index (χ2v) is 11.4. The lowest BCUT2D eigenvalue weighted by molar-refractivity contribution is -0.0744. The molecule has 10 nitrogen and oxygen atoms in total. The van der Waals surface area contributed by atoms with Crippen molar-refractivity contribution in [1.82, 2.24) is 9.62 Å². The third kappa shape index (κ3) is 10.6. The van der Waals surface area contributed by atoms with Crippen LogP contribution in [0.5, 0.6) is 0 Å². The minimum absolute atomic E-state index is 0.00575. The molecule has 4 N–H and O–H groups in total. The van der Waals surface area contributed by atoms with Crippen molar-refractivity contribution in [3.63, 3.8) is 0 Å². The number of carbonyl (C=O) groups excluding carboxylic acids is 1. The molecule has 3 atom stereocenters. The van der Waals surface area contributed by atoms with Crippen molar-refractivity contribution in [3.05, 3.63) is 60.2 Å². The molecule has 0 saturated heterocycles. The summed E-state index contributed by atoms with van der Waals surface area (Å²) in [4.78, 5) is 12.8. The van der Waals surface area contributed by atoms with Crippen LogP contribution < -0.4 is 11.1 Å². The Morgan fingerprint density at radius 2 is 1.68 bits per heavy atom. The molecule has 0 fully saturated rings. The van der Waals surface area contributed by atoms with Gasteiger partial charge in [-0.05, 0) is 56.0 Å². The summed E-state index contributed by atoms with van der Waals surface area (Å²) >= 11 is 0. The van der Waals surface area contributed by atoms with E-state index in [1.165, 1.54) is 28.6 Å². The zero-order chi connectivity index (χ0) is 28.1. The van der Waals surface area contributed by atoms with Gasteiger partial charge in [0.25, 0.3) is 0 Å². The third-order valence-electron chi connectivity index (χ3n) is 5.58. The fourth-order valence-electron chi connectivity index (χ4n) is 3.71. The predicted octanol–water partition coefficient (Wildman–Crippen LogP) is 3.01. The van der Waals surface area contributed by atoms with Crippen LogP contribution in [0.1, 0.15) is 33.3 Å². The number of sulfonamides is 1. The van der Waals surface area contributed by atoms with Gasteiger partial charge in [0.1, 0.15) is 12.9 Å². The number of alkyl carbamates (subject to hydrolysis) is 1. The molecule has 0 spiro atoms. The first-order chi connectivity index (χ1) is 18.0. The first-order valence-corrected chi connectivity index (χ1v) is 14.2. The van der Waals surface area contributed by atoms with Crippen LogP contribution >= 0.6 is 0 Å². The third-order valence-corrected chi connectivity index (χ3v) is 7.42. The minimum atomic E-state index is -3.93. The first kappa shape index (κ1) is 31.5. The van der Waals surface area contributed by atoms with Crippen molar-refractivity contribution < 1.29 is 32.5 Å². The minimum Gasteiger partial charge on any atom is -0.444 e. The Morgan fingerprint density at radius 1 is 1.03 bits per heavy atom. The van der Waals surface area contributed by atoms with Crippen LogP contribution in [0.3, 0.4) is 0 Å². The van der Waals surface area contributed by atoms with Gasteiger partial charge in [0, 0.05) is 25.4 Å². The summed E-state index contributed by atoms with van der Waals surface area (Å²) in [6, 6.07) is 14.4. The monoisotopic (exact) mass is 551 g/mol. The lowest BCUT2D eigenvalue weighted by Crippen LogP contribution is -2.51. The van der Waals surface area contributed by atoms with Crippen molar-refractivity contribution >= 4 is 21.8 Å². The average molecular weight is 552 g/mol. The standard InChI is InChI=1S/C27H41N3O7S/c1-5-35-19-36-18-21(4)37-27(32)29-25(15-22-9-7-6-8-10-22)26(31)17-30(16-20(2)3)38(33,34)24-13-11-23(28)12-14-24/h6-14,20-21,25-26,31H,5,15-19,28H2,1-4H3,(H,29,32)/t21-,25?,26-/m1/s1. The molecule has 212 valence electrons. The van der Waals surface area contributed by atoms with E-state index < -0.39 is 34.4 Å². The van der Waals surface area contributed by atoms with Crippen molar-refractivity contribution in [3.8, 4) is 0 Å². The quantitative estimate of drug-likeness (QED) is 0.164. The molecule has 38 heavy (non-hydrogen) atoms. The summed E-state index contributed by atoms with van der Waals surface area (Å²) in [5.74, 6) is -0.00575. The Balaban J connectivity index is 2.19. The SMILES string of the molecule is CCOCOC[C@@H](C)OC(=O)NC(Cc1ccccc1)[C@H](O)CN(CC(C)C)S(=O)(=O)c1ccc(N)cc1. The van der Waals surface area contributed by atoms with E-state index in [1.54, 1.807) is 6.92 Å². The smallest absolute Gasteiger partial charge is 0.407 e. The molecule has 0 aliphatic rings. The van der Waals surface area contributed by atoms with E-state index in [2.05, 4.69) is 5.32 Å². The Hall–Kier alpha value is -2.70. The van der Waals surface area contributed by atoms with Crippen molar-refractivity contribution in [2.45, 2.75) is 57.3 Å². The average Bonchev–Trinajstić information content (AvgIpc) is 2.86. The number of nitrogens with two attached hydrogens (primary N) is 1. The highest BCUT2D eigenvalue weighted by Crippen LogP contribution is 2.20. The maximum Gasteiger partial charge on any atom is 0.407 e. The molecule has 2 rings (SSSR count). The predicted molar refractivity (Wildman–Crippen MR) is 146 cm³/mol. The maximum atomic E-state index is 13.4. The number of rotatable bonds is 16. The van der Waals surface area contributed by atoms with Gasteiger partial charge in [-0.1, -0.05) is 44.2 Å². The second-order valence-electron chi connectivity index (χ2n) is 9.49. The molecule has 0 aromatic heterocycles. The topological polar surface area (TPSA) is 140 Å². The highest BCUT2D eigenvalue weighted by molar-refractivity contribution is 7.89. The normalized spacial score (nSPS) is 14.3. The fourth-order valence-corrected chi connectivity index (χ4v) is 5.33. The zero-order valence-electron chi connectivity index (χ0n) is 22.6. The molecular weight excluding hydrogens is 510 g/mol. The van der Waals surface area contributed by atoms with Gasteiger partial charge in [-0.3, -0.25) is 0 Å². The second kappa shape index (κ2) is 15.6. The van der Waals surface area contributed by atoms with E-state index in [0.717, 1.165) is 5.56 Å². The van der Waals surface area contributed by atoms with Crippen molar-refractivity contribution in [2.24, 2.45) is 5.92 Å². The highest BCUT2D eigenvalue weighted by Gasteiger charge is 2.31. The van der Waals surface area contributed by atoms with Crippen LogP contribution in [-0.2, 0) is 30.7 Å². The maximum absolute atomic E-state index is 13.4. The van der Waals surface area contributed by atoms with E-state index >= 15 is 0 Å². The number of aliphatic hydroxyl groups excluding tert-OH is 1. The van der Waals surface area contributed by atoms with Crippen LogP contribution in [0.2, 0.25) is 0 Å². The van der Waals surface area contributed by atoms with Crippen molar-refractivity contribution in [1.29, 1.82) is 0 Å². The Morgan fingerprint density at radius 3 is 2.29 bits per heavy atom. The van der Waals surface area contributed by atoms with E-state index in [0.29, 0.717) is 12.3 Å². The number of aliphatic hydroxyl groups is 1. The summed E-state index contributed by atoms with van der Waals surface area (Å²) < 4.78 is 43.9. The zero-order valence-corrected chi connectivity index (χ0v) is 23.4. The van der Waals surface area contributed by atoms with Crippen LogP contribution in [-0.4, -0.2) is 75.3 Å². The summed E-state index contributed by atoms with van der Waals surface area (Å²) in [5.41, 5.74) is 7.04. The molecule has 0 radical (unpaired) electrons. The van der Waals surface area contributed by atoms with Gasteiger partial charge in [-0.25, -0.2) is 13.2 Å². The van der Waals surface area contributed by atoms with Gasteiger partial charge in [0.15, 0.2) is 0 Å². The Kier molecular flexibility index (Phi) is 13.0. The molecule has 1 unspecified atom stereocenters. The summed E-state index contributed by atoms with van der Waals surface area (Å²) in [7, 11) is -3.93. The molecule has 0 saturated carbocycles. The van der Waals surface area contributed by atoms with Crippen LogP contribution in [0, 0.1) is 5.92 Å². The van der Waals surface area contributed by atoms with E-state index in [-0.39, 0.29) is 43.7 Å². The summed E-state index contributed by atoms with van der Waals surface area (Å²) in [6.07, 6.45) is -2.26. The molecular formula is C27H41N3O7S. The molecule has 0 aliphatic heterocycles. The molecule has 11 heteroatoms. The molecule has 2 aromatic rings. The lowest BCUT2D eigenvalue weighted by Gasteiger charge is -2.30. The number of carbonyl (C=O) groups is 1. The van der Waals surface area contributed by atoms with Crippen LogP contribution in [0.25, 0.3) is 0 Å².